The van der Waals surface area contributed by atoms with Crippen LogP contribution in [0, 0.1) is 3.57 Å². The van der Waals surface area contributed by atoms with Crippen LogP contribution in [0.15, 0.2) is 79.0 Å². The van der Waals surface area contributed by atoms with Gasteiger partial charge in [-0.2, -0.15) is 13.2 Å². The number of methoxy groups -OCH3 is 3. The molecule has 0 saturated heterocycles. The minimum Gasteiger partial charge on any atom is -0.495 e. The van der Waals surface area contributed by atoms with E-state index < -0.39 is 54.2 Å². The van der Waals surface area contributed by atoms with Crippen molar-refractivity contribution in [3.63, 3.8) is 0 Å². The van der Waals surface area contributed by atoms with Crippen LogP contribution >= 0.6 is 45.8 Å². The van der Waals surface area contributed by atoms with Crippen LogP contribution in [-0.2, 0) is 41.7 Å². The normalized spacial score (nSPS) is 12.5. The highest BCUT2D eigenvalue weighted by molar-refractivity contribution is 14.1. The lowest BCUT2D eigenvalue weighted by Crippen LogP contribution is -2.50. The van der Waals surface area contributed by atoms with Gasteiger partial charge in [-0.05, 0) is 69.1 Å². The quantitative estimate of drug-likeness (QED) is 0.0474. The number of alkyl halides is 3. The van der Waals surface area contributed by atoms with Crippen LogP contribution < -0.4 is 25.8 Å². The number of benzene rings is 4. The van der Waals surface area contributed by atoms with Crippen molar-refractivity contribution in [1.82, 2.24) is 15.6 Å². The van der Waals surface area contributed by atoms with Gasteiger partial charge in [0.05, 0.1) is 40.5 Å². The Hall–Kier alpha value is -5.77. The molecule has 0 aliphatic carbocycles. The SMILES string of the molecule is COC(=O)[C@H](N)c1cc(I)c(OC)c(-c2cccc3c(C[C@@H](NC(=O)OCc4ccccc4)C(=O)N[C@@H](C(=O)O)c4cc(Cl)c(OC)c(Cl)c4)c[nH]c23)c1.O=C(O)C(F)(F)F. The predicted octanol–water partition coefficient (Wildman–Crippen LogP) is 7.35. The van der Waals surface area contributed by atoms with Crippen LogP contribution in [0.2, 0.25) is 10.0 Å². The lowest BCUT2D eigenvalue weighted by atomic mass is 9.96. The van der Waals surface area contributed by atoms with Crippen molar-refractivity contribution in [2.45, 2.75) is 37.3 Å². The fourth-order valence-corrected chi connectivity index (χ4v) is 7.41. The summed E-state index contributed by atoms with van der Waals surface area (Å²) in [6.07, 6.45) is -4.39. The van der Waals surface area contributed by atoms with E-state index in [1.807, 2.05) is 24.3 Å². The summed E-state index contributed by atoms with van der Waals surface area (Å²) in [7, 11) is 4.15. The summed E-state index contributed by atoms with van der Waals surface area (Å²) >= 11 is 14.7. The number of rotatable bonds is 14. The Morgan fingerprint density at radius 3 is 2.03 bits per heavy atom. The second-order valence-electron chi connectivity index (χ2n) is 12.7. The zero-order chi connectivity index (χ0) is 45.2. The number of esters is 1. The first-order chi connectivity index (χ1) is 28.8. The number of ether oxygens (including phenoxy) is 4. The molecule has 0 fully saturated rings. The number of carboxylic acid groups (broad SMARTS) is 2. The highest BCUT2D eigenvalue weighted by atomic mass is 127. The smallest absolute Gasteiger partial charge is 0.490 e. The highest BCUT2D eigenvalue weighted by Gasteiger charge is 2.38. The molecular formula is C40H36Cl2F3IN4O11. The molecule has 7 N–H and O–H groups in total. The van der Waals surface area contributed by atoms with Crippen LogP contribution in [-0.4, -0.2) is 78.7 Å². The van der Waals surface area contributed by atoms with Gasteiger partial charge in [-0.1, -0.05) is 71.7 Å². The number of carbonyl (C=O) groups is 5. The summed E-state index contributed by atoms with van der Waals surface area (Å²) in [5.41, 5.74) is 10.1. The number of fused-ring (bicyclic) bond motifs is 1. The van der Waals surface area contributed by atoms with Gasteiger partial charge >= 0.3 is 30.2 Å². The number of hydrogen-bond acceptors (Lipinski definition) is 10. The molecule has 0 aliphatic rings. The van der Waals surface area contributed by atoms with Gasteiger partial charge in [-0.25, -0.2) is 14.4 Å². The third-order valence-electron chi connectivity index (χ3n) is 8.76. The zero-order valence-corrected chi connectivity index (χ0v) is 35.7. The summed E-state index contributed by atoms with van der Waals surface area (Å²) in [5.74, 6) is -4.91. The van der Waals surface area contributed by atoms with Crippen LogP contribution in [0.5, 0.6) is 11.5 Å². The standard InChI is InChI=1S/C38H35Cl2IN4O9.C2HF3O2/c1-51-33-25(12-20(15-28(33)41)30(42)37(49)53-3)24-11-7-10-23-22(17-43-32(23)24)16-29(44-38(50)54-18-19-8-5-4-6-9-19)35(46)45-31(36(47)48)21-13-26(39)34(52-2)27(40)14-21;3-2(4,5)1(6)7/h4-15,17,29-31,43H,16,18,42H2,1-3H3,(H,44,50)(H,45,46)(H,47,48);(H,6,7)/t29-,30-,31-;/m1./s1. The minimum atomic E-state index is -5.08. The number of alkyl carbamates (subject to hydrolysis) is 1. The largest absolute Gasteiger partial charge is 0.495 e. The van der Waals surface area contributed by atoms with Crippen molar-refractivity contribution in [2.75, 3.05) is 21.3 Å². The van der Waals surface area contributed by atoms with Crippen molar-refractivity contribution in [2.24, 2.45) is 5.73 Å². The number of nitrogens with two attached hydrogens (primary N) is 1. The topological polar surface area (TPSA) is 229 Å². The number of carboxylic acids is 2. The van der Waals surface area contributed by atoms with Gasteiger partial charge in [0.25, 0.3) is 0 Å². The van der Waals surface area contributed by atoms with E-state index in [0.29, 0.717) is 42.5 Å². The van der Waals surface area contributed by atoms with Crippen LogP contribution in [0.4, 0.5) is 18.0 Å². The number of amides is 2. The molecule has 21 heteroatoms. The fourth-order valence-electron chi connectivity index (χ4n) is 5.88. The molecule has 0 saturated carbocycles. The van der Waals surface area contributed by atoms with Crippen LogP contribution in [0.3, 0.4) is 0 Å². The molecule has 0 bridgehead atoms. The fraction of sp³-hybridized carbons (Fsp3) is 0.225. The predicted molar refractivity (Wildman–Crippen MR) is 224 cm³/mol. The van der Waals surface area contributed by atoms with E-state index in [-0.39, 0.29) is 34.4 Å². The van der Waals surface area contributed by atoms with Crippen molar-refractivity contribution in [3.8, 4) is 22.6 Å². The molecule has 0 unspecified atom stereocenters. The second kappa shape index (κ2) is 21.2. The van der Waals surface area contributed by atoms with Gasteiger partial charge in [0.2, 0.25) is 5.91 Å². The van der Waals surface area contributed by atoms with Gasteiger partial charge < -0.3 is 50.5 Å². The average Bonchev–Trinajstić information content (AvgIpc) is 3.63. The van der Waals surface area contributed by atoms with Crippen molar-refractivity contribution in [1.29, 1.82) is 0 Å². The molecule has 3 atom stereocenters. The van der Waals surface area contributed by atoms with Gasteiger partial charge in [0, 0.05) is 29.1 Å². The molecule has 0 radical (unpaired) electrons. The second-order valence-corrected chi connectivity index (χ2v) is 14.7. The summed E-state index contributed by atoms with van der Waals surface area (Å²) in [6.45, 7) is -0.0720. The number of aromatic amines is 1. The monoisotopic (exact) mass is 1000 g/mol. The zero-order valence-electron chi connectivity index (χ0n) is 32.1. The number of aromatic nitrogens is 1. The van der Waals surface area contributed by atoms with Crippen molar-refractivity contribution >= 4 is 86.6 Å². The number of carbonyl (C=O) groups excluding carboxylic acids is 3. The molecule has 2 amide bonds. The summed E-state index contributed by atoms with van der Waals surface area (Å²) in [4.78, 5) is 64.1. The van der Waals surface area contributed by atoms with Crippen LogP contribution in [0.25, 0.3) is 22.0 Å². The minimum absolute atomic E-state index is 0.0402. The number of nitrogens with one attached hydrogen (secondary N) is 3. The third-order valence-corrected chi connectivity index (χ3v) is 10.1. The van der Waals surface area contributed by atoms with Crippen molar-refractivity contribution in [3.05, 3.63) is 115 Å². The summed E-state index contributed by atoms with van der Waals surface area (Å²) in [5, 5.41) is 23.2. The third kappa shape index (κ3) is 12.2. The number of halogens is 6. The summed E-state index contributed by atoms with van der Waals surface area (Å²) in [6, 6.07) is 16.6. The number of H-pyrrole nitrogens is 1. The molecule has 324 valence electrons. The molecule has 1 heterocycles. The Morgan fingerprint density at radius 2 is 1.48 bits per heavy atom. The Labute approximate surface area is 368 Å². The first-order valence-electron chi connectivity index (χ1n) is 17.4. The maximum absolute atomic E-state index is 14.0. The van der Waals surface area contributed by atoms with Gasteiger partial charge in [-0.3, -0.25) is 9.59 Å². The summed E-state index contributed by atoms with van der Waals surface area (Å²) < 4.78 is 53.6. The Balaban J connectivity index is 0.00000107. The molecule has 61 heavy (non-hydrogen) atoms. The van der Waals surface area contributed by atoms with E-state index >= 15 is 0 Å². The van der Waals surface area contributed by atoms with Gasteiger partial charge in [0.1, 0.15) is 24.4 Å². The Kier molecular flexibility index (Phi) is 16.6. The van der Waals surface area contributed by atoms with E-state index in [1.54, 1.807) is 42.6 Å². The molecule has 15 nitrogen and oxygen atoms in total. The first kappa shape index (κ1) is 47.9. The van der Waals surface area contributed by atoms with E-state index in [2.05, 4.69) is 38.2 Å². The molecule has 4 aromatic carbocycles. The van der Waals surface area contributed by atoms with E-state index in [1.165, 1.54) is 33.5 Å². The lowest BCUT2D eigenvalue weighted by molar-refractivity contribution is -0.192. The van der Waals surface area contributed by atoms with Gasteiger partial charge in [-0.15, -0.1) is 0 Å². The van der Waals surface area contributed by atoms with Gasteiger partial charge in [0.15, 0.2) is 11.8 Å². The molecule has 5 aromatic rings. The van der Waals surface area contributed by atoms with E-state index in [0.717, 1.165) is 5.56 Å². The Bertz CT molecular complexity index is 2400. The average molecular weight is 1000 g/mol. The highest BCUT2D eigenvalue weighted by Crippen LogP contribution is 2.40. The number of para-hydroxylation sites is 1. The van der Waals surface area contributed by atoms with Crippen molar-refractivity contribution < 1.29 is 66.3 Å². The number of aliphatic carboxylic acids is 2. The molecule has 0 aliphatic heterocycles. The Morgan fingerprint density at radius 1 is 0.852 bits per heavy atom. The maximum atomic E-state index is 14.0. The molecule has 5 rings (SSSR count). The van der Waals surface area contributed by atoms with Crippen LogP contribution in [0.1, 0.15) is 34.3 Å². The first-order valence-corrected chi connectivity index (χ1v) is 19.3. The maximum Gasteiger partial charge on any atom is 0.490 e. The lowest BCUT2D eigenvalue weighted by Gasteiger charge is -2.22. The number of hydrogen-bond donors (Lipinski definition) is 6. The van der Waals surface area contributed by atoms with E-state index in [4.69, 9.17) is 57.8 Å². The van der Waals surface area contributed by atoms with E-state index in [9.17, 15) is 37.5 Å². The molecule has 0 spiro atoms. The molecular weight excluding hydrogens is 967 g/mol. The molecule has 1 aromatic heterocycles.